The van der Waals surface area contributed by atoms with Crippen LogP contribution < -0.4 is 0 Å². The molecule has 0 spiro atoms. The number of carbonyl (C=O) groups is 1. The summed E-state index contributed by atoms with van der Waals surface area (Å²) in [4.78, 5) is 11.4. The SMILES string of the molecule is CC1(C)CC(n2nnc3cccc(C(=O)O)c32)CCO1. The lowest BCUT2D eigenvalue weighted by atomic mass is 9.94. The van der Waals surface area contributed by atoms with Crippen LogP contribution >= 0.6 is 0 Å². The van der Waals surface area contributed by atoms with E-state index in [1.54, 1.807) is 22.9 Å². The molecule has 0 aliphatic carbocycles. The minimum atomic E-state index is -0.953. The number of carboxylic acid groups (broad SMARTS) is 1. The summed E-state index contributed by atoms with van der Waals surface area (Å²) in [6, 6.07) is 5.19. The second kappa shape index (κ2) is 4.56. The highest BCUT2D eigenvalue weighted by atomic mass is 16.5. The first kappa shape index (κ1) is 13.1. The van der Waals surface area contributed by atoms with E-state index in [2.05, 4.69) is 10.3 Å². The molecule has 1 aliphatic heterocycles. The van der Waals surface area contributed by atoms with Crippen LogP contribution in [0.4, 0.5) is 0 Å². The number of hydrogen-bond donors (Lipinski definition) is 1. The standard InChI is InChI=1S/C14H17N3O3/c1-14(2)8-9(6-7-20-14)17-12-10(13(18)19)4-3-5-11(12)15-16-17/h3-5,9H,6-8H2,1-2H3,(H,18,19). The van der Waals surface area contributed by atoms with Gasteiger partial charge >= 0.3 is 5.97 Å². The Morgan fingerprint density at radius 2 is 2.30 bits per heavy atom. The van der Waals surface area contributed by atoms with Crippen molar-refractivity contribution >= 4 is 17.0 Å². The molecule has 1 atom stereocenters. The predicted octanol–water partition coefficient (Wildman–Crippen LogP) is 2.26. The van der Waals surface area contributed by atoms with Crippen LogP contribution in [0, 0.1) is 0 Å². The average Bonchev–Trinajstić information content (AvgIpc) is 2.80. The minimum Gasteiger partial charge on any atom is -0.478 e. The number of nitrogens with zero attached hydrogens (tertiary/aromatic N) is 3. The van der Waals surface area contributed by atoms with Crippen molar-refractivity contribution in [3.05, 3.63) is 23.8 Å². The maximum absolute atomic E-state index is 11.4. The molecule has 3 rings (SSSR count). The van der Waals surface area contributed by atoms with Crippen LogP contribution in [0.1, 0.15) is 43.1 Å². The third-order valence-corrected chi connectivity index (χ3v) is 3.74. The van der Waals surface area contributed by atoms with E-state index in [1.807, 2.05) is 13.8 Å². The van der Waals surface area contributed by atoms with Crippen LogP contribution in [-0.4, -0.2) is 38.3 Å². The van der Waals surface area contributed by atoms with Crippen molar-refractivity contribution in [3.8, 4) is 0 Å². The highest BCUT2D eigenvalue weighted by molar-refractivity contribution is 6.00. The molecule has 20 heavy (non-hydrogen) atoms. The van der Waals surface area contributed by atoms with Gasteiger partial charge in [0.2, 0.25) is 0 Å². The molecule has 6 heteroatoms. The van der Waals surface area contributed by atoms with Gasteiger partial charge in [-0.1, -0.05) is 11.3 Å². The van der Waals surface area contributed by atoms with Crippen molar-refractivity contribution in [3.63, 3.8) is 0 Å². The molecule has 1 saturated heterocycles. The number of hydrogen-bond acceptors (Lipinski definition) is 4. The molecule has 1 aliphatic rings. The van der Waals surface area contributed by atoms with Gasteiger partial charge in [0.15, 0.2) is 0 Å². The summed E-state index contributed by atoms with van der Waals surface area (Å²) in [5.74, 6) is -0.953. The molecule has 2 heterocycles. The fourth-order valence-corrected chi connectivity index (χ4v) is 2.83. The summed E-state index contributed by atoms with van der Waals surface area (Å²) in [7, 11) is 0. The van der Waals surface area contributed by atoms with E-state index in [4.69, 9.17) is 4.74 Å². The van der Waals surface area contributed by atoms with Crippen molar-refractivity contribution in [2.75, 3.05) is 6.61 Å². The summed E-state index contributed by atoms with van der Waals surface area (Å²) in [6.07, 6.45) is 1.61. The summed E-state index contributed by atoms with van der Waals surface area (Å²) >= 11 is 0. The Labute approximate surface area is 116 Å². The molecule has 1 fully saturated rings. The zero-order valence-electron chi connectivity index (χ0n) is 11.5. The van der Waals surface area contributed by atoms with E-state index in [-0.39, 0.29) is 17.2 Å². The lowest BCUT2D eigenvalue weighted by Crippen LogP contribution is -2.35. The molecule has 2 aromatic rings. The smallest absolute Gasteiger partial charge is 0.337 e. The number of aromatic carboxylic acids is 1. The number of ether oxygens (including phenoxy) is 1. The van der Waals surface area contributed by atoms with E-state index in [0.29, 0.717) is 17.6 Å². The lowest BCUT2D eigenvalue weighted by Gasteiger charge is -2.35. The quantitative estimate of drug-likeness (QED) is 0.909. The van der Waals surface area contributed by atoms with Crippen molar-refractivity contribution in [2.24, 2.45) is 0 Å². The highest BCUT2D eigenvalue weighted by Gasteiger charge is 2.32. The van der Waals surface area contributed by atoms with Crippen molar-refractivity contribution in [1.82, 2.24) is 15.0 Å². The minimum absolute atomic E-state index is 0.115. The van der Waals surface area contributed by atoms with Gasteiger partial charge in [-0.05, 0) is 38.8 Å². The predicted molar refractivity (Wildman–Crippen MR) is 72.8 cm³/mol. The Kier molecular flexibility index (Phi) is 2.97. The molecular weight excluding hydrogens is 258 g/mol. The summed E-state index contributed by atoms with van der Waals surface area (Å²) in [6.45, 7) is 4.72. The number of benzene rings is 1. The van der Waals surface area contributed by atoms with Gasteiger partial charge in [-0.25, -0.2) is 9.48 Å². The first-order valence-corrected chi connectivity index (χ1v) is 6.69. The number of fused-ring (bicyclic) bond motifs is 1. The second-order valence-electron chi connectivity index (χ2n) is 5.77. The molecule has 6 nitrogen and oxygen atoms in total. The Morgan fingerprint density at radius 3 is 3.00 bits per heavy atom. The third kappa shape index (κ3) is 2.16. The van der Waals surface area contributed by atoms with Gasteiger partial charge in [-0.3, -0.25) is 0 Å². The molecule has 1 aromatic heterocycles. The van der Waals surface area contributed by atoms with Crippen molar-refractivity contribution < 1.29 is 14.6 Å². The number of para-hydroxylation sites is 1. The van der Waals surface area contributed by atoms with Crippen LogP contribution in [0.25, 0.3) is 11.0 Å². The van der Waals surface area contributed by atoms with Gasteiger partial charge in [0.25, 0.3) is 0 Å². The van der Waals surface area contributed by atoms with Crippen LogP contribution in [0.3, 0.4) is 0 Å². The molecular formula is C14H17N3O3. The molecule has 1 unspecified atom stereocenters. The maximum Gasteiger partial charge on any atom is 0.337 e. The number of rotatable bonds is 2. The van der Waals surface area contributed by atoms with E-state index in [0.717, 1.165) is 12.8 Å². The molecule has 0 bridgehead atoms. The molecule has 1 N–H and O–H groups in total. The fraction of sp³-hybridized carbons (Fsp3) is 0.500. The zero-order chi connectivity index (χ0) is 14.3. The molecule has 1 aromatic carbocycles. The molecule has 0 saturated carbocycles. The van der Waals surface area contributed by atoms with Crippen LogP contribution in [0.15, 0.2) is 18.2 Å². The van der Waals surface area contributed by atoms with Crippen molar-refractivity contribution in [2.45, 2.75) is 38.3 Å². The zero-order valence-corrected chi connectivity index (χ0v) is 11.5. The van der Waals surface area contributed by atoms with E-state index in [9.17, 15) is 9.90 Å². The van der Waals surface area contributed by atoms with Crippen LogP contribution in [0.5, 0.6) is 0 Å². The molecule has 0 radical (unpaired) electrons. The fourth-order valence-electron chi connectivity index (χ4n) is 2.83. The van der Waals surface area contributed by atoms with Crippen molar-refractivity contribution in [1.29, 1.82) is 0 Å². The largest absolute Gasteiger partial charge is 0.478 e. The molecule has 0 amide bonds. The van der Waals surface area contributed by atoms with E-state index in [1.165, 1.54) is 0 Å². The van der Waals surface area contributed by atoms with Gasteiger partial charge in [-0.2, -0.15) is 0 Å². The first-order valence-electron chi connectivity index (χ1n) is 6.69. The first-order chi connectivity index (χ1) is 9.48. The summed E-state index contributed by atoms with van der Waals surface area (Å²) in [5.41, 5.74) is 1.24. The van der Waals surface area contributed by atoms with Gasteiger partial charge in [0.1, 0.15) is 11.0 Å². The maximum atomic E-state index is 11.4. The monoisotopic (exact) mass is 275 g/mol. The highest BCUT2D eigenvalue weighted by Crippen LogP contribution is 2.33. The van der Waals surface area contributed by atoms with E-state index < -0.39 is 5.97 Å². The number of carboxylic acids is 1. The van der Waals surface area contributed by atoms with Gasteiger partial charge in [-0.15, -0.1) is 5.10 Å². The second-order valence-corrected chi connectivity index (χ2v) is 5.77. The Hall–Kier alpha value is -1.95. The average molecular weight is 275 g/mol. The third-order valence-electron chi connectivity index (χ3n) is 3.74. The van der Waals surface area contributed by atoms with Crippen LogP contribution in [0.2, 0.25) is 0 Å². The Morgan fingerprint density at radius 1 is 1.50 bits per heavy atom. The summed E-state index contributed by atoms with van der Waals surface area (Å²) in [5, 5.41) is 17.6. The Bertz CT molecular complexity index is 663. The topological polar surface area (TPSA) is 77.2 Å². The van der Waals surface area contributed by atoms with E-state index >= 15 is 0 Å². The lowest BCUT2D eigenvalue weighted by molar-refractivity contribution is -0.0703. The van der Waals surface area contributed by atoms with Gasteiger partial charge in [0, 0.05) is 6.61 Å². The molecule has 106 valence electrons. The van der Waals surface area contributed by atoms with Gasteiger partial charge in [0.05, 0.1) is 17.2 Å². The summed E-state index contributed by atoms with van der Waals surface area (Å²) < 4.78 is 7.46. The number of aromatic nitrogens is 3. The van der Waals surface area contributed by atoms with Gasteiger partial charge < -0.3 is 9.84 Å². The van der Waals surface area contributed by atoms with Crippen LogP contribution in [-0.2, 0) is 4.74 Å². The normalized spacial score (nSPS) is 22.0. The Balaban J connectivity index is 2.10.